The van der Waals surface area contributed by atoms with E-state index in [4.69, 9.17) is 4.74 Å². The lowest BCUT2D eigenvalue weighted by Gasteiger charge is -2.22. The first-order chi connectivity index (χ1) is 11.1. The zero-order valence-corrected chi connectivity index (χ0v) is 13.2. The molecule has 3 amide bonds. The van der Waals surface area contributed by atoms with Crippen molar-refractivity contribution in [2.45, 2.75) is 38.1 Å². The Bertz CT molecular complexity index is 560. The Morgan fingerprint density at radius 2 is 2.00 bits per heavy atom. The molecule has 1 aliphatic rings. The average Bonchev–Trinajstić information content (AvgIpc) is 2.55. The number of hydrogen-bond acceptors (Lipinski definition) is 3. The lowest BCUT2D eigenvalue weighted by atomic mass is 9.95. The fraction of sp³-hybridized carbons (Fsp3) is 0.500. The maximum Gasteiger partial charge on any atom is 0.319 e. The van der Waals surface area contributed by atoms with Gasteiger partial charge in [-0.15, -0.1) is 0 Å². The number of rotatable bonds is 5. The third-order valence-electron chi connectivity index (χ3n) is 3.79. The summed E-state index contributed by atoms with van der Waals surface area (Å²) >= 11 is 0. The Hall–Kier alpha value is -2.31. The summed E-state index contributed by atoms with van der Waals surface area (Å²) in [5.74, 6) is -0.454. The highest BCUT2D eigenvalue weighted by molar-refractivity contribution is 5.93. The van der Waals surface area contributed by atoms with Crippen molar-refractivity contribution in [1.82, 2.24) is 10.6 Å². The zero-order chi connectivity index (χ0) is 16.7. The molecule has 1 aromatic carbocycles. The van der Waals surface area contributed by atoms with E-state index >= 15 is 0 Å². The number of ether oxygens (including phenoxy) is 1. The number of anilines is 1. The van der Waals surface area contributed by atoms with Gasteiger partial charge in [0.1, 0.15) is 11.6 Å². The van der Waals surface area contributed by atoms with Crippen LogP contribution in [0.25, 0.3) is 0 Å². The number of nitrogens with one attached hydrogen (secondary N) is 3. The molecule has 0 aromatic heterocycles. The number of benzene rings is 1. The number of hydrogen-bond donors (Lipinski definition) is 3. The Morgan fingerprint density at radius 3 is 2.70 bits per heavy atom. The van der Waals surface area contributed by atoms with E-state index < -0.39 is 11.8 Å². The molecule has 0 heterocycles. The number of methoxy groups -OCH3 is 1. The maximum absolute atomic E-state index is 13.1. The van der Waals surface area contributed by atoms with Crippen LogP contribution in [0.2, 0.25) is 0 Å². The molecule has 0 saturated heterocycles. The van der Waals surface area contributed by atoms with E-state index in [0.717, 1.165) is 25.7 Å². The number of carbonyl (C=O) groups excluding carboxylic acids is 2. The van der Waals surface area contributed by atoms with Crippen LogP contribution in [0.15, 0.2) is 18.2 Å². The Morgan fingerprint density at radius 1 is 1.26 bits per heavy atom. The van der Waals surface area contributed by atoms with Crippen LogP contribution in [-0.2, 0) is 4.79 Å². The van der Waals surface area contributed by atoms with Crippen molar-refractivity contribution >= 4 is 17.6 Å². The van der Waals surface area contributed by atoms with Crippen molar-refractivity contribution in [3.8, 4) is 5.75 Å². The first-order valence-corrected chi connectivity index (χ1v) is 7.76. The topological polar surface area (TPSA) is 79.5 Å². The fourth-order valence-corrected chi connectivity index (χ4v) is 2.62. The van der Waals surface area contributed by atoms with Gasteiger partial charge in [0.15, 0.2) is 0 Å². The predicted molar refractivity (Wildman–Crippen MR) is 85.0 cm³/mol. The SMILES string of the molecule is COc1cc(F)ccc1NC(=O)NCC(=O)NC1CCCCC1. The third-order valence-corrected chi connectivity index (χ3v) is 3.79. The Labute approximate surface area is 134 Å². The fourth-order valence-electron chi connectivity index (χ4n) is 2.62. The molecule has 0 bridgehead atoms. The van der Waals surface area contributed by atoms with Crippen molar-refractivity contribution in [3.63, 3.8) is 0 Å². The van der Waals surface area contributed by atoms with Gasteiger partial charge in [-0.05, 0) is 25.0 Å². The summed E-state index contributed by atoms with van der Waals surface area (Å²) in [7, 11) is 1.38. The van der Waals surface area contributed by atoms with Gasteiger partial charge in [0.25, 0.3) is 0 Å². The van der Waals surface area contributed by atoms with Gasteiger partial charge in [0.05, 0.1) is 19.3 Å². The molecule has 126 valence electrons. The number of urea groups is 1. The van der Waals surface area contributed by atoms with Gasteiger partial charge in [-0.3, -0.25) is 4.79 Å². The lowest BCUT2D eigenvalue weighted by molar-refractivity contribution is -0.120. The molecule has 7 heteroatoms. The van der Waals surface area contributed by atoms with Crippen LogP contribution < -0.4 is 20.7 Å². The second-order valence-corrected chi connectivity index (χ2v) is 5.55. The van der Waals surface area contributed by atoms with Gasteiger partial charge in [0.2, 0.25) is 5.91 Å². The summed E-state index contributed by atoms with van der Waals surface area (Å²) in [4.78, 5) is 23.6. The lowest BCUT2D eigenvalue weighted by Crippen LogP contribution is -2.43. The van der Waals surface area contributed by atoms with Crippen LogP contribution >= 0.6 is 0 Å². The van der Waals surface area contributed by atoms with Gasteiger partial charge < -0.3 is 20.7 Å². The summed E-state index contributed by atoms with van der Waals surface area (Å²) in [6.07, 6.45) is 5.45. The summed E-state index contributed by atoms with van der Waals surface area (Å²) in [6.45, 7) is -0.105. The number of amides is 3. The van der Waals surface area contributed by atoms with E-state index in [1.54, 1.807) is 0 Å². The van der Waals surface area contributed by atoms with Gasteiger partial charge in [-0.25, -0.2) is 9.18 Å². The van der Waals surface area contributed by atoms with Crippen molar-refractivity contribution < 1.29 is 18.7 Å². The summed E-state index contributed by atoms with van der Waals surface area (Å²) in [6, 6.07) is 3.45. The maximum atomic E-state index is 13.1. The molecule has 6 nitrogen and oxygen atoms in total. The minimum Gasteiger partial charge on any atom is -0.494 e. The standard InChI is InChI=1S/C16H22FN3O3/c1-23-14-9-11(17)7-8-13(14)20-16(22)18-10-15(21)19-12-5-3-2-4-6-12/h7-9,12H,2-6,10H2,1H3,(H,19,21)(H2,18,20,22). The highest BCUT2D eigenvalue weighted by Gasteiger charge is 2.16. The smallest absolute Gasteiger partial charge is 0.319 e. The van der Waals surface area contributed by atoms with Crippen LogP contribution in [0.4, 0.5) is 14.9 Å². The molecule has 0 radical (unpaired) electrons. The number of carbonyl (C=O) groups is 2. The molecule has 23 heavy (non-hydrogen) atoms. The third kappa shape index (κ3) is 5.43. The van der Waals surface area contributed by atoms with Crippen LogP contribution in [0.1, 0.15) is 32.1 Å². The molecule has 0 atom stereocenters. The molecular weight excluding hydrogens is 301 g/mol. The predicted octanol–water partition coefficient (Wildman–Crippen LogP) is 2.40. The molecule has 0 aliphatic heterocycles. The summed E-state index contributed by atoms with van der Waals surface area (Å²) in [5.41, 5.74) is 0.332. The van der Waals surface area contributed by atoms with Crippen LogP contribution in [0.5, 0.6) is 5.75 Å². The second-order valence-electron chi connectivity index (χ2n) is 5.55. The van der Waals surface area contributed by atoms with E-state index in [2.05, 4.69) is 16.0 Å². The van der Waals surface area contributed by atoms with Crippen molar-refractivity contribution in [3.05, 3.63) is 24.0 Å². The molecule has 1 fully saturated rings. The molecule has 1 aromatic rings. The molecular formula is C16H22FN3O3. The minimum absolute atomic E-state index is 0.105. The van der Waals surface area contributed by atoms with Crippen molar-refractivity contribution in [1.29, 1.82) is 0 Å². The van der Waals surface area contributed by atoms with Crippen LogP contribution in [-0.4, -0.2) is 31.6 Å². The normalized spacial score (nSPS) is 14.9. The quantitative estimate of drug-likeness (QED) is 0.778. The largest absolute Gasteiger partial charge is 0.494 e. The summed E-state index contributed by atoms with van der Waals surface area (Å²) in [5, 5.41) is 7.91. The second kappa shape index (κ2) is 8.36. The Balaban J connectivity index is 1.77. The number of halogens is 1. The molecule has 1 saturated carbocycles. The first kappa shape index (κ1) is 17.1. The van der Waals surface area contributed by atoms with E-state index in [1.165, 1.54) is 31.7 Å². The minimum atomic E-state index is -0.547. The molecule has 0 spiro atoms. The monoisotopic (exact) mass is 323 g/mol. The van der Waals surface area contributed by atoms with Gasteiger partial charge in [-0.1, -0.05) is 19.3 Å². The average molecular weight is 323 g/mol. The molecule has 2 rings (SSSR count). The van der Waals surface area contributed by atoms with Crippen molar-refractivity contribution in [2.24, 2.45) is 0 Å². The van der Waals surface area contributed by atoms with Gasteiger partial charge >= 0.3 is 6.03 Å². The first-order valence-electron chi connectivity index (χ1n) is 7.76. The Kier molecular flexibility index (Phi) is 6.19. The van der Waals surface area contributed by atoms with Gasteiger partial charge in [0, 0.05) is 12.1 Å². The zero-order valence-electron chi connectivity index (χ0n) is 13.2. The van der Waals surface area contributed by atoms with Crippen LogP contribution in [0.3, 0.4) is 0 Å². The van der Waals surface area contributed by atoms with Gasteiger partial charge in [-0.2, -0.15) is 0 Å². The molecule has 3 N–H and O–H groups in total. The highest BCUT2D eigenvalue weighted by atomic mass is 19.1. The molecule has 0 unspecified atom stereocenters. The molecule has 1 aliphatic carbocycles. The van der Waals surface area contributed by atoms with Crippen LogP contribution in [0, 0.1) is 5.82 Å². The van der Waals surface area contributed by atoms with E-state index in [-0.39, 0.29) is 24.2 Å². The van der Waals surface area contributed by atoms with E-state index in [9.17, 15) is 14.0 Å². The summed E-state index contributed by atoms with van der Waals surface area (Å²) < 4.78 is 18.1. The van der Waals surface area contributed by atoms with Crippen molar-refractivity contribution in [2.75, 3.05) is 19.0 Å². The van der Waals surface area contributed by atoms with E-state index in [1.807, 2.05) is 0 Å². The van der Waals surface area contributed by atoms with E-state index in [0.29, 0.717) is 5.69 Å². The highest BCUT2D eigenvalue weighted by Crippen LogP contribution is 2.24.